The SMILES string of the molecule is C.C.C.C.C.C.C.C.CC1CCN(C)CC1.Cc1cc[n+](C)cc1.Cc1ccc(C)cc1.Cc1ccc2cnc(C)nc2c1.Cc1ccc2nc(C)[nH]c2c1.Cc1cccc(C)c1.Cc1cccc(C)n1. The molecule has 4 aromatic carbocycles. The molecule has 5 heterocycles. The van der Waals surface area contributed by atoms with Gasteiger partial charge in [0.25, 0.3) is 0 Å². The van der Waals surface area contributed by atoms with Crippen molar-refractivity contribution in [2.24, 2.45) is 13.0 Å². The first kappa shape index (κ1) is 76.4. The number of pyridine rings is 2. The van der Waals surface area contributed by atoms with Gasteiger partial charge in [0.05, 0.1) is 16.6 Å². The van der Waals surface area contributed by atoms with E-state index in [9.17, 15) is 0 Å². The number of nitrogens with zero attached hydrogens (tertiary/aromatic N) is 6. The number of rotatable bonds is 0. The van der Waals surface area contributed by atoms with E-state index in [1.807, 2.05) is 88.2 Å². The van der Waals surface area contributed by atoms with Gasteiger partial charge in [-0.15, -0.1) is 0 Å². The largest absolute Gasteiger partial charge is 0.342 e. The van der Waals surface area contributed by atoms with Crippen molar-refractivity contribution >= 4 is 21.9 Å². The topological polar surface area (TPSA) is 74.5 Å². The van der Waals surface area contributed by atoms with E-state index in [1.165, 1.54) is 64.9 Å². The molecule has 1 saturated heterocycles. The number of aryl methyl sites for hydroxylation is 12. The van der Waals surface area contributed by atoms with E-state index in [1.54, 1.807) is 0 Å². The molecule has 1 aliphatic rings. The van der Waals surface area contributed by atoms with E-state index < -0.39 is 0 Å². The van der Waals surface area contributed by atoms with Gasteiger partial charge in [0.15, 0.2) is 12.4 Å². The van der Waals surface area contributed by atoms with E-state index in [4.69, 9.17) is 0 Å². The minimum atomic E-state index is 0. The summed E-state index contributed by atoms with van der Waals surface area (Å²) >= 11 is 0. The second-order valence-corrected chi connectivity index (χ2v) is 17.1. The van der Waals surface area contributed by atoms with Crippen molar-refractivity contribution in [1.29, 1.82) is 0 Å². The van der Waals surface area contributed by atoms with Crippen LogP contribution in [0.5, 0.6) is 0 Å². The van der Waals surface area contributed by atoms with Crippen LogP contribution < -0.4 is 4.57 Å². The zero-order valence-electron chi connectivity index (χ0n) is 40.8. The van der Waals surface area contributed by atoms with Gasteiger partial charge >= 0.3 is 0 Å². The molecule has 9 rings (SSSR count). The van der Waals surface area contributed by atoms with Crippen LogP contribution in [-0.4, -0.2) is 50.0 Å². The average Bonchev–Trinajstić information content (AvgIpc) is 3.61. The molecule has 0 aliphatic carbocycles. The van der Waals surface area contributed by atoms with E-state index in [-0.39, 0.29) is 59.4 Å². The first-order chi connectivity index (χ1) is 29.9. The number of benzene rings is 4. The number of hydrogen-bond acceptors (Lipinski definition) is 5. The molecule has 1 N–H and O–H groups in total. The van der Waals surface area contributed by atoms with Crippen LogP contribution in [0.2, 0.25) is 0 Å². The highest BCUT2D eigenvalue weighted by Gasteiger charge is 2.10. The Morgan fingerprint density at radius 3 is 1.35 bits per heavy atom. The molecule has 0 saturated carbocycles. The zero-order chi connectivity index (χ0) is 46.3. The lowest BCUT2D eigenvalue weighted by Crippen LogP contribution is -2.28. The van der Waals surface area contributed by atoms with Crippen LogP contribution in [0.3, 0.4) is 0 Å². The summed E-state index contributed by atoms with van der Waals surface area (Å²) in [6.07, 6.45) is 8.73. The van der Waals surface area contributed by atoms with Crippen molar-refractivity contribution in [2.75, 3.05) is 20.1 Å². The number of fused-ring (bicyclic) bond motifs is 2. The third-order valence-corrected chi connectivity index (χ3v) is 10.2. The van der Waals surface area contributed by atoms with Crippen molar-refractivity contribution in [3.8, 4) is 0 Å². The minimum Gasteiger partial charge on any atom is -0.342 e. The van der Waals surface area contributed by atoms with Crippen LogP contribution in [0.15, 0.2) is 134 Å². The highest BCUT2D eigenvalue weighted by Crippen LogP contribution is 2.14. The minimum absolute atomic E-state index is 0. The summed E-state index contributed by atoms with van der Waals surface area (Å²) in [4.78, 5) is 22.5. The first-order valence-corrected chi connectivity index (χ1v) is 22.2. The molecule has 0 spiro atoms. The normalized spacial score (nSPS) is 10.6. The number of hydrogen-bond donors (Lipinski definition) is 1. The quantitative estimate of drug-likeness (QED) is 0.153. The van der Waals surface area contributed by atoms with Gasteiger partial charge in [-0.25, -0.2) is 19.5 Å². The third kappa shape index (κ3) is 32.5. The number of aromatic amines is 1. The highest BCUT2D eigenvalue weighted by atomic mass is 15.1. The van der Waals surface area contributed by atoms with Crippen LogP contribution in [-0.2, 0) is 7.05 Å². The zero-order valence-corrected chi connectivity index (χ0v) is 40.8. The second-order valence-electron chi connectivity index (χ2n) is 17.1. The summed E-state index contributed by atoms with van der Waals surface area (Å²) in [5.41, 5.74) is 14.5. The molecule has 0 radical (unpaired) electrons. The molecular formula is C64H106N7+. The van der Waals surface area contributed by atoms with Crippen LogP contribution in [0.4, 0.5) is 0 Å². The van der Waals surface area contributed by atoms with Crippen LogP contribution in [0.1, 0.15) is 141 Å². The molecule has 0 bridgehead atoms. The predicted octanol–water partition coefficient (Wildman–Crippen LogP) is 18.0. The Morgan fingerprint density at radius 1 is 0.479 bits per heavy atom. The molecule has 1 fully saturated rings. The maximum Gasteiger partial charge on any atom is 0.168 e. The van der Waals surface area contributed by atoms with Gasteiger partial charge in [0, 0.05) is 35.1 Å². The molecule has 0 atom stereocenters. The Labute approximate surface area is 438 Å². The van der Waals surface area contributed by atoms with Crippen LogP contribution in [0, 0.1) is 82.1 Å². The monoisotopic (exact) mass is 973 g/mol. The summed E-state index contributed by atoms with van der Waals surface area (Å²) in [6, 6.07) is 39.5. The number of nitrogens with one attached hydrogen (secondary N) is 1. The van der Waals surface area contributed by atoms with Crippen LogP contribution >= 0.6 is 0 Å². The molecule has 1 aliphatic heterocycles. The Kier molecular flexibility index (Phi) is 43.8. The molecule has 4 aromatic heterocycles. The fourth-order valence-corrected chi connectivity index (χ4v) is 6.31. The van der Waals surface area contributed by atoms with Crippen molar-refractivity contribution < 1.29 is 4.57 Å². The molecule has 396 valence electrons. The molecule has 0 amide bonds. The summed E-state index contributed by atoms with van der Waals surface area (Å²) in [5, 5.41) is 1.10. The fraction of sp³-hybridized carbons (Fsp3) is 0.422. The van der Waals surface area contributed by atoms with Gasteiger partial charge in [-0.3, -0.25) is 4.98 Å². The Bertz CT molecular complexity index is 2300. The summed E-state index contributed by atoms with van der Waals surface area (Å²) in [6.45, 7) is 27.4. The van der Waals surface area contributed by atoms with Crippen LogP contribution in [0.25, 0.3) is 21.9 Å². The first-order valence-electron chi connectivity index (χ1n) is 22.2. The molecule has 7 heteroatoms. The number of H-pyrrole nitrogens is 1. The van der Waals surface area contributed by atoms with E-state index in [0.717, 1.165) is 50.9 Å². The summed E-state index contributed by atoms with van der Waals surface area (Å²) in [7, 11) is 4.21. The highest BCUT2D eigenvalue weighted by molar-refractivity contribution is 5.78. The molecular weight excluding hydrogens is 867 g/mol. The lowest BCUT2D eigenvalue weighted by atomic mass is 10.00. The molecule has 8 aromatic rings. The summed E-state index contributed by atoms with van der Waals surface area (Å²) < 4.78 is 2.02. The van der Waals surface area contributed by atoms with Crippen molar-refractivity contribution in [1.82, 2.24) is 29.8 Å². The average molecular weight is 974 g/mol. The predicted molar refractivity (Wildman–Crippen MR) is 322 cm³/mol. The van der Waals surface area contributed by atoms with E-state index in [0.29, 0.717) is 0 Å². The fourth-order valence-electron chi connectivity index (χ4n) is 6.31. The smallest absolute Gasteiger partial charge is 0.168 e. The number of likely N-dealkylation sites (tertiary alicyclic amines) is 1. The lowest BCUT2D eigenvalue weighted by molar-refractivity contribution is -0.671. The maximum absolute atomic E-state index is 4.33. The molecule has 71 heavy (non-hydrogen) atoms. The van der Waals surface area contributed by atoms with Gasteiger partial charge in [-0.2, -0.15) is 0 Å². The number of aromatic nitrogens is 6. The maximum atomic E-state index is 4.33. The van der Waals surface area contributed by atoms with Gasteiger partial charge in [0.2, 0.25) is 0 Å². The summed E-state index contributed by atoms with van der Waals surface area (Å²) in [5.74, 6) is 2.78. The Balaban J connectivity index is -0.000000171. The number of imidazole rings is 1. The van der Waals surface area contributed by atoms with Gasteiger partial charge in [0.1, 0.15) is 18.7 Å². The lowest BCUT2D eigenvalue weighted by Gasteiger charge is -2.26. The molecule has 0 unspecified atom stereocenters. The number of piperidine rings is 1. The van der Waals surface area contributed by atoms with E-state index in [2.05, 4.69) is 177 Å². The van der Waals surface area contributed by atoms with Crippen molar-refractivity contribution in [3.63, 3.8) is 0 Å². The Hall–Kier alpha value is -6.05. The molecule has 7 nitrogen and oxygen atoms in total. The van der Waals surface area contributed by atoms with Crippen molar-refractivity contribution in [3.05, 3.63) is 196 Å². The van der Waals surface area contributed by atoms with Crippen molar-refractivity contribution in [2.45, 2.75) is 155 Å². The van der Waals surface area contributed by atoms with E-state index >= 15 is 0 Å². The Morgan fingerprint density at radius 2 is 0.915 bits per heavy atom. The standard InChI is InChI=1S/C10H10N2.C9H10N2.2C8H10.C7H15N.C7H10N.C7H9N.8CH4/c1-7-3-4-9-6-11-8(2)12-10(9)5-7;1-6-3-4-8-9(5-6)11-7(2)10-8;1-7-3-5-8(2)6-4-7;1-7-4-3-5-8(2)6-7;2*1-7-3-5-8(2)6-4-7;1-6-4-3-5-7(2)8-6;;;;;;;;/h3-6H,1-2H3;3-5H,1-2H3,(H,10,11);2*3-6H,1-2H3;7H,3-6H2,1-2H3;3-6H,1-2H3;3-5H,1-2H3;8*1H4/q;;;;;+1;;;;;;;;;. The second kappa shape index (κ2) is 40.7. The van der Waals surface area contributed by atoms with Gasteiger partial charge in [-0.1, -0.05) is 161 Å². The van der Waals surface area contributed by atoms with Gasteiger partial charge in [-0.05, 0) is 162 Å². The van der Waals surface area contributed by atoms with Gasteiger partial charge < -0.3 is 9.88 Å². The third-order valence-electron chi connectivity index (χ3n) is 10.2.